The van der Waals surface area contributed by atoms with Crippen LogP contribution in [0.15, 0.2) is 46.7 Å². The molecule has 0 aliphatic carbocycles. The Bertz CT molecular complexity index is 651. The summed E-state index contributed by atoms with van der Waals surface area (Å²) < 4.78 is 27.5. The number of aliphatic hydroxyl groups is 1. The maximum atomic E-state index is 12.4. The Balaban J connectivity index is 2.26. The number of nitrogens with one attached hydrogen (secondary N) is 1. The molecule has 0 fully saturated rings. The summed E-state index contributed by atoms with van der Waals surface area (Å²) in [7, 11) is -3.58. The molecule has 0 aliphatic heterocycles. The minimum absolute atomic E-state index is 0.175. The van der Waals surface area contributed by atoms with Gasteiger partial charge in [-0.2, -0.15) is 0 Å². The van der Waals surface area contributed by atoms with Gasteiger partial charge in [-0.05, 0) is 35.6 Å². The molecule has 1 heterocycles. The van der Waals surface area contributed by atoms with Crippen molar-refractivity contribution >= 4 is 21.4 Å². The van der Waals surface area contributed by atoms with E-state index in [0.717, 1.165) is 4.88 Å². The Morgan fingerprint density at radius 2 is 2.10 bits per heavy atom. The van der Waals surface area contributed by atoms with Gasteiger partial charge >= 0.3 is 0 Å². The van der Waals surface area contributed by atoms with Gasteiger partial charge in [0.2, 0.25) is 10.0 Å². The highest BCUT2D eigenvalue weighted by molar-refractivity contribution is 7.89. The molecule has 0 radical (unpaired) electrons. The van der Waals surface area contributed by atoms with Gasteiger partial charge in [0.1, 0.15) is 0 Å². The molecular weight excluding hydrogens is 294 g/mol. The maximum Gasteiger partial charge on any atom is 0.241 e. The second-order valence-corrected chi connectivity index (χ2v) is 7.10. The average Bonchev–Trinajstić information content (AvgIpc) is 2.99. The SMILES string of the molecule is CCC(NS(=O)(=O)c1cccc(CO)c1)c1cccs1. The van der Waals surface area contributed by atoms with Crippen molar-refractivity contribution in [1.29, 1.82) is 0 Å². The fourth-order valence-corrected chi connectivity index (χ4v) is 4.20. The molecule has 20 heavy (non-hydrogen) atoms. The van der Waals surface area contributed by atoms with Gasteiger partial charge in [-0.25, -0.2) is 13.1 Å². The van der Waals surface area contributed by atoms with Crippen LogP contribution in [-0.4, -0.2) is 13.5 Å². The molecule has 1 atom stereocenters. The van der Waals surface area contributed by atoms with Crippen LogP contribution in [0.5, 0.6) is 0 Å². The van der Waals surface area contributed by atoms with Crippen molar-refractivity contribution in [2.75, 3.05) is 0 Å². The minimum Gasteiger partial charge on any atom is -0.392 e. The summed E-state index contributed by atoms with van der Waals surface area (Å²) in [6, 6.07) is 9.95. The average molecular weight is 311 g/mol. The lowest BCUT2D eigenvalue weighted by Gasteiger charge is -2.16. The van der Waals surface area contributed by atoms with E-state index in [0.29, 0.717) is 12.0 Å². The molecule has 0 saturated heterocycles. The molecule has 0 amide bonds. The van der Waals surface area contributed by atoms with E-state index in [9.17, 15) is 8.42 Å². The van der Waals surface area contributed by atoms with E-state index in [-0.39, 0.29) is 17.5 Å². The third kappa shape index (κ3) is 3.46. The quantitative estimate of drug-likeness (QED) is 0.862. The van der Waals surface area contributed by atoms with E-state index in [1.165, 1.54) is 23.5 Å². The van der Waals surface area contributed by atoms with Gasteiger partial charge in [-0.1, -0.05) is 25.1 Å². The Labute approximate surface area is 123 Å². The molecule has 0 bridgehead atoms. The largest absolute Gasteiger partial charge is 0.392 e. The first kappa shape index (κ1) is 15.2. The lowest BCUT2D eigenvalue weighted by molar-refractivity contribution is 0.281. The minimum atomic E-state index is -3.58. The van der Waals surface area contributed by atoms with E-state index in [4.69, 9.17) is 5.11 Å². The molecule has 4 nitrogen and oxygen atoms in total. The molecule has 1 aromatic heterocycles. The van der Waals surface area contributed by atoms with Crippen molar-refractivity contribution in [3.63, 3.8) is 0 Å². The highest BCUT2D eigenvalue weighted by Crippen LogP contribution is 2.24. The van der Waals surface area contributed by atoms with Gasteiger partial charge in [0.15, 0.2) is 0 Å². The Morgan fingerprint density at radius 3 is 2.70 bits per heavy atom. The smallest absolute Gasteiger partial charge is 0.241 e. The van der Waals surface area contributed by atoms with Crippen LogP contribution < -0.4 is 4.72 Å². The number of hydrogen-bond acceptors (Lipinski definition) is 4. The second kappa shape index (κ2) is 6.49. The molecule has 1 aromatic carbocycles. The molecule has 2 aromatic rings. The number of hydrogen-bond donors (Lipinski definition) is 2. The highest BCUT2D eigenvalue weighted by Gasteiger charge is 2.21. The fraction of sp³-hybridized carbons (Fsp3) is 0.286. The zero-order valence-corrected chi connectivity index (χ0v) is 12.7. The van der Waals surface area contributed by atoms with E-state index < -0.39 is 10.0 Å². The zero-order chi connectivity index (χ0) is 14.6. The highest BCUT2D eigenvalue weighted by atomic mass is 32.2. The van der Waals surface area contributed by atoms with E-state index in [1.54, 1.807) is 12.1 Å². The summed E-state index contributed by atoms with van der Waals surface area (Å²) in [4.78, 5) is 1.17. The van der Waals surface area contributed by atoms with Crippen LogP contribution in [0, 0.1) is 0 Å². The monoisotopic (exact) mass is 311 g/mol. The van der Waals surface area contributed by atoms with Crippen LogP contribution in [0.2, 0.25) is 0 Å². The molecule has 0 aliphatic rings. The van der Waals surface area contributed by atoms with Crippen molar-refractivity contribution < 1.29 is 13.5 Å². The van der Waals surface area contributed by atoms with Crippen molar-refractivity contribution in [1.82, 2.24) is 4.72 Å². The molecule has 2 N–H and O–H groups in total. The Hall–Kier alpha value is -1.21. The van der Waals surface area contributed by atoms with Crippen molar-refractivity contribution in [2.45, 2.75) is 30.9 Å². The predicted octanol–water partition coefficient (Wildman–Crippen LogP) is 2.67. The summed E-state index contributed by atoms with van der Waals surface area (Å²) in [5.74, 6) is 0. The molecule has 108 valence electrons. The van der Waals surface area contributed by atoms with Gasteiger partial charge in [0.25, 0.3) is 0 Å². The predicted molar refractivity (Wildman–Crippen MR) is 80.0 cm³/mol. The summed E-state index contributed by atoms with van der Waals surface area (Å²) >= 11 is 1.53. The summed E-state index contributed by atoms with van der Waals surface area (Å²) in [6.07, 6.45) is 0.680. The maximum absolute atomic E-state index is 12.4. The number of benzene rings is 1. The van der Waals surface area contributed by atoms with Crippen LogP contribution in [0.25, 0.3) is 0 Å². The zero-order valence-electron chi connectivity index (χ0n) is 11.1. The Morgan fingerprint density at radius 1 is 1.30 bits per heavy atom. The van der Waals surface area contributed by atoms with E-state index in [1.807, 2.05) is 24.4 Å². The molecule has 6 heteroatoms. The van der Waals surface area contributed by atoms with Crippen LogP contribution in [0.4, 0.5) is 0 Å². The van der Waals surface area contributed by atoms with Crippen molar-refractivity contribution in [3.8, 4) is 0 Å². The number of aliphatic hydroxyl groups excluding tert-OH is 1. The second-order valence-electron chi connectivity index (χ2n) is 4.40. The summed E-state index contributed by atoms with van der Waals surface area (Å²) in [5.41, 5.74) is 0.581. The third-order valence-corrected chi connectivity index (χ3v) is 5.44. The van der Waals surface area contributed by atoms with Crippen LogP contribution in [0.3, 0.4) is 0 Å². The van der Waals surface area contributed by atoms with Crippen molar-refractivity contribution in [2.24, 2.45) is 0 Å². The van der Waals surface area contributed by atoms with Crippen LogP contribution >= 0.6 is 11.3 Å². The molecule has 0 spiro atoms. The molecule has 0 saturated carbocycles. The normalized spacial score (nSPS) is 13.3. The summed E-state index contributed by atoms with van der Waals surface area (Å²) in [5, 5.41) is 11.0. The number of rotatable bonds is 6. The first-order valence-electron chi connectivity index (χ1n) is 6.32. The first-order valence-corrected chi connectivity index (χ1v) is 8.68. The van der Waals surface area contributed by atoms with Crippen LogP contribution in [-0.2, 0) is 16.6 Å². The lowest BCUT2D eigenvalue weighted by atomic mass is 10.2. The third-order valence-electron chi connectivity index (χ3n) is 2.98. The molecular formula is C14H17NO3S2. The standard InChI is InChI=1S/C14H17NO3S2/c1-2-13(14-7-4-8-19-14)15-20(17,18)12-6-3-5-11(9-12)10-16/h3-9,13,15-16H,2,10H2,1H3. The van der Waals surface area contributed by atoms with Gasteiger partial charge in [-0.15, -0.1) is 11.3 Å². The van der Waals surface area contributed by atoms with Crippen LogP contribution in [0.1, 0.15) is 29.8 Å². The summed E-state index contributed by atoms with van der Waals surface area (Å²) in [6.45, 7) is 1.77. The molecule has 2 rings (SSSR count). The van der Waals surface area contributed by atoms with Gasteiger partial charge in [0, 0.05) is 4.88 Å². The van der Waals surface area contributed by atoms with Gasteiger partial charge in [-0.3, -0.25) is 0 Å². The van der Waals surface area contributed by atoms with E-state index >= 15 is 0 Å². The lowest BCUT2D eigenvalue weighted by Crippen LogP contribution is -2.27. The molecule has 1 unspecified atom stereocenters. The first-order chi connectivity index (χ1) is 9.56. The topological polar surface area (TPSA) is 66.4 Å². The Kier molecular flexibility index (Phi) is 4.93. The number of thiophene rings is 1. The number of sulfonamides is 1. The van der Waals surface area contributed by atoms with E-state index in [2.05, 4.69) is 4.72 Å². The fourth-order valence-electron chi connectivity index (χ4n) is 1.90. The van der Waals surface area contributed by atoms with Gasteiger partial charge in [0.05, 0.1) is 17.5 Å². The van der Waals surface area contributed by atoms with Crippen molar-refractivity contribution in [3.05, 3.63) is 52.2 Å². The van der Waals surface area contributed by atoms with Gasteiger partial charge < -0.3 is 5.11 Å².